The Labute approximate surface area is 79.6 Å². The van der Waals surface area contributed by atoms with E-state index in [0.29, 0.717) is 12.5 Å². The minimum atomic E-state index is -4.84. The first-order valence-corrected chi connectivity index (χ1v) is 3.81. The highest BCUT2D eigenvalue weighted by molar-refractivity contribution is 5.79. The largest absolute Gasteiger partial charge is 0.480 e. The number of hydrogen-bond acceptors (Lipinski definition) is 2. The summed E-state index contributed by atoms with van der Waals surface area (Å²) in [6.07, 6.45) is -4.84. The molecule has 0 aliphatic rings. The molecule has 1 unspecified atom stereocenters. The van der Waals surface area contributed by atoms with E-state index in [-0.39, 0.29) is 6.54 Å². The smallest absolute Gasteiger partial charge is 0.417 e. The van der Waals surface area contributed by atoms with E-state index >= 15 is 0 Å². The van der Waals surface area contributed by atoms with Crippen LogP contribution in [0.25, 0.3) is 0 Å². The lowest BCUT2D eigenvalue weighted by atomic mass is 10.0. The average molecular weight is 211 g/mol. The minimum Gasteiger partial charge on any atom is -0.480 e. The van der Waals surface area contributed by atoms with Gasteiger partial charge in [-0.25, -0.2) is 4.79 Å². The number of carboxylic acids is 1. The van der Waals surface area contributed by atoms with Crippen molar-refractivity contribution in [2.75, 3.05) is 6.54 Å². The summed E-state index contributed by atoms with van der Waals surface area (Å²) < 4.78 is 37.0. The molecule has 3 nitrogen and oxygen atoms in total. The first-order chi connectivity index (χ1) is 6.11. The number of nitrogens with one attached hydrogen (secondary N) is 1. The summed E-state index contributed by atoms with van der Waals surface area (Å²) in [6.45, 7) is 5.27. The van der Waals surface area contributed by atoms with E-state index in [1.165, 1.54) is 6.92 Å². The van der Waals surface area contributed by atoms with Crippen molar-refractivity contribution >= 4 is 5.97 Å². The van der Waals surface area contributed by atoms with Crippen LogP contribution in [0, 0.1) is 0 Å². The molecule has 0 saturated heterocycles. The van der Waals surface area contributed by atoms with Crippen molar-refractivity contribution in [2.24, 2.45) is 0 Å². The van der Waals surface area contributed by atoms with Gasteiger partial charge in [-0.15, -0.1) is 0 Å². The van der Waals surface area contributed by atoms with E-state index in [9.17, 15) is 18.0 Å². The van der Waals surface area contributed by atoms with E-state index in [4.69, 9.17) is 5.11 Å². The van der Waals surface area contributed by atoms with Crippen molar-refractivity contribution in [1.82, 2.24) is 5.32 Å². The summed E-state index contributed by atoms with van der Waals surface area (Å²) in [5, 5.41) is 10.4. The van der Waals surface area contributed by atoms with Crippen molar-refractivity contribution in [2.45, 2.75) is 25.6 Å². The minimum absolute atomic E-state index is 0.192. The van der Waals surface area contributed by atoms with Gasteiger partial charge in [-0.1, -0.05) is 12.2 Å². The molecular weight excluding hydrogens is 199 g/mol. The predicted octanol–water partition coefficient (Wildman–Crippen LogP) is 1.56. The number of aliphatic carboxylic acids is 1. The Morgan fingerprint density at radius 3 is 2.14 bits per heavy atom. The van der Waals surface area contributed by atoms with Gasteiger partial charge in [0, 0.05) is 6.54 Å². The third-order valence-corrected chi connectivity index (χ3v) is 1.74. The summed E-state index contributed by atoms with van der Waals surface area (Å²) in [5.74, 6) is -1.95. The molecule has 14 heavy (non-hydrogen) atoms. The Morgan fingerprint density at radius 1 is 1.50 bits per heavy atom. The van der Waals surface area contributed by atoms with E-state index in [1.54, 1.807) is 0 Å². The van der Waals surface area contributed by atoms with Gasteiger partial charge in [0.1, 0.15) is 0 Å². The number of rotatable bonds is 4. The molecule has 0 aliphatic carbocycles. The van der Waals surface area contributed by atoms with E-state index < -0.39 is 17.7 Å². The lowest BCUT2D eigenvalue weighted by Gasteiger charge is -2.28. The Kier molecular flexibility index (Phi) is 3.70. The van der Waals surface area contributed by atoms with Crippen LogP contribution in [0.15, 0.2) is 12.2 Å². The van der Waals surface area contributed by atoms with Crippen LogP contribution in [-0.4, -0.2) is 29.3 Å². The molecule has 82 valence electrons. The number of carbonyl (C=O) groups is 1. The van der Waals surface area contributed by atoms with Gasteiger partial charge < -0.3 is 5.11 Å². The van der Waals surface area contributed by atoms with Crippen molar-refractivity contribution in [3.63, 3.8) is 0 Å². The summed E-state index contributed by atoms with van der Waals surface area (Å²) in [4.78, 5) is 10.5. The van der Waals surface area contributed by atoms with E-state index in [2.05, 4.69) is 6.58 Å². The highest BCUT2D eigenvalue weighted by Crippen LogP contribution is 2.30. The quantitative estimate of drug-likeness (QED) is 0.694. The zero-order chi connectivity index (χ0) is 11.6. The predicted molar refractivity (Wildman–Crippen MR) is 44.9 cm³/mol. The molecule has 2 N–H and O–H groups in total. The number of alkyl halides is 3. The summed E-state index contributed by atoms with van der Waals surface area (Å²) in [6, 6.07) is 0. The maximum Gasteiger partial charge on any atom is 0.417 e. The fourth-order valence-corrected chi connectivity index (χ4v) is 0.625. The van der Waals surface area contributed by atoms with E-state index in [0.717, 1.165) is 0 Å². The van der Waals surface area contributed by atoms with E-state index in [1.807, 2.05) is 5.32 Å². The molecule has 0 fully saturated rings. The maximum atomic E-state index is 12.3. The van der Waals surface area contributed by atoms with Gasteiger partial charge >= 0.3 is 12.1 Å². The molecule has 1 atom stereocenters. The fraction of sp³-hybridized carbons (Fsp3) is 0.625. The number of hydrogen-bond donors (Lipinski definition) is 2. The van der Waals surface area contributed by atoms with Gasteiger partial charge in [-0.05, 0) is 13.8 Å². The Bertz CT molecular complexity index is 249. The Hall–Kier alpha value is -1.04. The van der Waals surface area contributed by atoms with Crippen LogP contribution in [0.1, 0.15) is 13.8 Å². The average Bonchev–Trinajstić information content (AvgIpc) is 1.97. The molecule has 0 aromatic rings. The topological polar surface area (TPSA) is 49.3 Å². The fourth-order valence-electron chi connectivity index (χ4n) is 0.625. The first kappa shape index (κ1) is 13.0. The highest BCUT2D eigenvalue weighted by Gasteiger charge is 2.56. The molecule has 0 aliphatic heterocycles. The lowest BCUT2D eigenvalue weighted by Crippen LogP contribution is -2.60. The monoisotopic (exact) mass is 211 g/mol. The maximum absolute atomic E-state index is 12.3. The van der Waals surface area contributed by atoms with Gasteiger partial charge in [0.15, 0.2) is 0 Å². The third kappa shape index (κ3) is 2.73. The molecule has 0 aromatic carbocycles. The highest BCUT2D eigenvalue weighted by atomic mass is 19.4. The molecule has 0 bridgehead atoms. The van der Waals surface area contributed by atoms with Crippen LogP contribution < -0.4 is 5.32 Å². The van der Waals surface area contributed by atoms with Crippen LogP contribution in [0.3, 0.4) is 0 Å². The van der Waals surface area contributed by atoms with Crippen molar-refractivity contribution in [3.05, 3.63) is 12.2 Å². The second kappa shape index (κ2) is 4.00. The number of halogens is 3. The standard InChI is InChI=1S/C8H12F3NO2/c1-5(2)4-12-7(3,6(13)14)8(9,10)11/h12H,1,4H2,2-3H3,(H,13,14). The SMILES string of the molecule is C=C(C)CNC(C)(C(=O)O)C(F)(F)F. The molecule has 0 heterocycles. The molecule has 0 saturated carbocycles. The molecule has 6 heteroatoms. The first-order valence-electron chi connectivity index (χ1n) is 3.81. The van der Waals surface area contributed by atoms with Gasteiger partial charge in [0.2, 0.25) is 5.54 Å². The molecule has 0 spiro atoms. The number of carboxylic acid groups (broad SMARTS) is 1. The van der Waals surface area contributed by atoms with Crippen LogP contribution >= 0.6 is 0 Å². The van der Waals surface area contributed by atoms with Crippen molar-refractivity contribution in [3.8, 4) is 0 Å². The summed E-state index contributed by atoms with van der Waals surface area (Å²) in [7, 11) is 0. The molecule has 0 aromatic heterocycles. The van der Waals surface area contributed by atoms with Gasteiger partial charge in [-0.2, -0.15) is 13.2 Å². The zero-order valence-corrected chi connectivity index (χ0v) is 7.90. The van der Waals surface area contributed by atoms with Gasteiger partial charge in [0.25, 0.3) is 0 Å². The van der Waals surface area contributed by atoms with Crippen molar-refractivity contribution in [1.29, 1.82) is 0 Å². The lowest BCUT2D eigenvalue weighted by molar-refractivity contribution is -0.205. The van der Waals surface area contributed by atoms with Crippen LogP contribution in [0.5, 0.6) is 0 Å². The van der Waals surface area contributed by atoms with Gasteiger partial charge in [-0.3, -0.25) is 5.32 Å². The molecule has 0 rings (SSSR count). The van der Waals surface area contributed by atoms with Crippen LogP contribution in [0.2, 0.25) is 0 Å². The Balaban J connectivity index is 4.75. The Morgan fingerprint density at radius 2 is 1.93 bits per heavy atom. The summed E-state index contributed by atoms with van der Waals surface area (Å²) in [5.41, 5.74) is -2.49. The molecule has 0 amide bonds. The normalized spacial score (nSPS) is 16.1. The van der Waals surface area contributed by atoms with Crippen LogP contribution in [-0.2, 0) is 4.79 Å². The second-order valence-corrected chi connectivity index (χ2v) is 3.24. The van der Waals surface area contributed by atoms with Crippen molar-refractivity contribution < 1.29 is 23.1 Å². The molecule has 0 radical (unpaired) electrons. The third-order valence-electron chi connectivity index (χ3n) is 1.74. The van der Waals surface area contributed by atoms with Crippen LogP contribution in [0.4, 0.5) is 13.2 Å². The molecular formula is C8H12F3NO2. The second-order valence-electron chi connectivity index (χ2n) is 3.24. The summed E-state index contributed by atoms with van der Waals surface area (Å²) >= 11 is 0. The van der Waals surface area contributed by atoms with Gasteiger partial charge in [0.05, 0.1) is 0 Å². The zero-order valence-electron chi connectivity index (χ0n) is 7.90.